The smallest absolute Gasteiger partial charge is 0.340 e. The summed E-state index contributed by atoms with van der Waals surface area (Å²) in [6, 6.07) is 4.75. The summed E-state index contributed by atoms with van der Waals surface area (Å²) in [6.45, 7) is -0.584. The highest BCUT2D eigenvalue weighted by molar-refractivity contribution is 6.41. The van der Waals surface area contributed by atoms with Gasteiger partial charge in [-0.05, 0) is 24.3 Å². The van der Waals surface area contributed by atoms with Crippen molar-refractivity contribution < 1.29 is 23.5 Å². The molecule has 120 valence electrons. The zero-order chi connectivity index (χ0) is 17.0. The summed E-state index contributed by atoms with van der Waals surface area (Å²) in [5.41, 5.74) is 0.0194. The van der Waals surface area contributed by atoms with Gasteiger partial charge in [-0.15, -0.1) is 0 Å². The van der Waals surface area contributed by atoms with Gasteiger partial charge >= 0.3 is 5.97 Å². The molecule has 0 atom stereocenters. The maximum atomic E-state index is 13.2. The Hall–Kier alpha value is -2.18. The van der Waals surface area contributed by atoms with Crippen LogP contribution in [0.3, 0.4) is 0 Å². The quantitative estimate of drug-likeness (QED) is 0.464. The second-order valence-corrected chi connectivity index (χ2v) is 5.11. The van der Waals surface area contributed by atoms with E-state index in [0.29, 0.717) is 0 Å². The van der Waals surface area contributed by atoms with Crippen LogP contribution in [0, 0.1) is 5.82 Å². The molecule has 0 bridgehead atoms. The van der Waals surface area contributed by atoms with Crippen molar-refractivity contribution in [3.05, 3.63) is 57.6 Å². The molecule has 23 heavy (non-hydrogen) atoms. The molecule has 0 aliphatic heterocycles. The summed E-state index contributed by atoms with van der Waals surface area (Å²) >= 11 is 11.4. The normalized spacial score (nSPS) is 10.3. The van der Waals surface area contributed by atoms with E-state index < -0.39 is 24.2 Å². The number of methoxy groups -OCH3 is 1. The molecule has 0 spiro atoms. The first-order valence-electron chi connectivity index (χ1n) is 6.27. The van der Waals surface area contributed by atoms with Crippen molar-refractivity contribution in [1.29, 1.82) is 0 Å². The van der Waals surface area contributed by atoms with Crippen molar-refractivity contribution in [2.75, 3.05) is 13.7 Å². The molecular formula is C15H10Cl2FNO4. The molecule has 0 saturated carbocycles. The number of esters is 1. The van der Waals surface area contributed by atoms with Crippen LogP contribution >= 0.6 is 23.2 Å². The van der Waals surface area contributed by atoms with E-state index in [9.17, 15) is 14.0 Å². The highest BCUT2D eigenvalue weighted by atomic mass is 35.5. The number of hydrogen-bond acceptors (Lipinski definition) is 5. The van der Waals surface area contributed by atoms with Gasteiger partial charge in [-0.3, -0.25) is 4.79 Å². The van der Waals surface area contributed by atoms with Crippen molar-refractivity contribution >= 4 is 35.0 Å². The SMILES string of the molecule is COc1ccc(F)cc1C(=O)COC(=O)c1cnc(Cl)c(Cl)c1. The Bertz CT molecular complexity index is 767. The number of rotatable bonds is 5. The molecule has 0 N–H and O–H groups in total. The average Bonchev–Trinajstić information content (AvgIpc) is 2.54. The molecule has 0 saturated heterocycles. The number of benzene rings is 1. The molecule has 0 amide bonds. The molecule has 2 rings (SSSR count). The molecular weight excluding hydrogens is 348 g/mol. The Kier molecular flexibility index (Phi) is 5.52. The van der Waals surface area contributed by atoms with Crippen LogP contribution in [0.4, 0.5) is 4.39 Å². The lowest BCUT2D eigenvalue weighted by Gasteiger charge is -2.08. The topological polar surface area (TPSA) is 65.5 Å². The van der Waals surface area contributed by atoms with Crippen LogP contribution in [0.15, 0.2) is 30.5 Å². The summed E-state index contributed by atoms with van der Waals surface area (Å²) in [5, 5.41) is 0.128. The number of ether oxygens (including phenoxy) is 2. The van der Waals surface area contributed by atoms with Crippen LogP contribution in [0.1, 0.15) is 20.7 Å². The zero-order valence-electron chi connectivity index (χ0n) is 11.8. The minimum atomic E-state index is -0.806. The number of nitrogens with zero attached hydrogens (tertiary/aromatic N) is 1. The molecule has 0 aliphatic rings. The van der Waals surface area contributed by atoms with E-state index in [2.05, 4.69) is 4.98 Å². The largest absolute Gasteiger partial charge is 0.496 e. The van der Waals surface area contributed by atoms with Gasteiger partial charge in [-0.2, -0.15) is 0 Å². The summed E-state index contributed by atoms with van der Waals surface area (Å²) in [7, 11) is 1.34. The molecule has 1 heterocycles. The number of pyridine rings is 1. The fourth-order valence-corrected chi connectivity index (χ4v) is 1.99. The van der Waals surface area contributed by atoms with Crippen molar-refractivity contribution in [3.8, 4) is 5.75 Å². The molecule has 8 heteroatoms. The molecule has 0 fully saturated rings. The Morgan fingerprint density at radius 1 is 1.26 bits per heavy atom. The van der Waals surface area contributed by atoms with Crippen molar-refractivity contribution in [3.63, 3.8) is 0 Å². The van der Waals surface area contributed by atoms with Gasteiger partial charge in [-0.25, -0.2) is 14.2 Å². The van der Waals surface area contributed by atoms with Gasteiger partial charge in [0.2, 0.25) is 5.78 Å². The Labute approximate surface area is 140 Å². The molecule has 5 nitrogen and oxygen atoms in total. The van der Waals surface area contributed by atoms with E-state index in [1.165, 1.54) is 25.4 Å². The van der Waals surface area contributed by atoms with Crippen LogP contribution in [-0.2, 0) is 4.74 Å². The second kappa shape index (κ2) is 7.39. The minimum absolute atomic E-state index is 0.0208. The lowest BCUT2D eigenvalue weighted by atomic mass is 10.1. The Morgan fingerprint density at radius 3 is 2.65 bits per heavy atom. The molecule has 1 aromatic heterocycles. The van der Waals surface area contributed by atoms with E-state index in [-0.39, 0.29) is 27.1 Å². The average molecular weight is 358 g/mol. The summed E-state index contributed by atoms with van der Waals surface area (Å²) < 4.78 is 23.1. The van der Waals surface area contributed by atoms with Gasteiger partial charge in [0.15, 0.2) is 6.61 Å². The molecule has 0 unspecified atom stereocenters. The fraction of sp³-hybridized carbons (Fsp3) is 0.133. The van der Waals surface area contributed by atoms with Gasteiger partial charge < -0.3 is 9.47 Å². The number of ketones is 1. The number of halogens is 3. The summed E-state index contributed by atoms with van der Waals surface area (Å²) in [5.74, 6) is -1.83. The summed E-state index contributed by atoms with van der Waals surface area (Å²) in [6.07, 6.45) is 1.17. The molecule has 0 radical (unpaired) electrons. The predicted molar refractivity (Wildman–Crippen MR) is 81.8 cm³/mol. The van der Waals surface area contributed by atoms with Gasteiger partial charge in [0.25, 0.3) is 0 Å². The first-order valence-corrected chi connectivity index (χ1v) is 7.03. The van der Waals surface area contributed by atoms with E-state index in [1.807, 2.05) is 0 Å². The number of Topliss-reactive ketones (excluding diaryl/α,β-unsaturated/α-hetero) is 1. The molecule has 1 aromatic carbocycles. The standard InChI is InChI=1S/C15H10Cl2FNO4/c1-22-13-3-2-9(18)5-10(13)12(20)7-23-15(21)8-4-11(16)14(17)19-6-8/h2-6H,7H2,1H3. The third-order valence-electron chi connectivity index (χ3n) is 2.83. The second-order valence-electron chi connectivity index (χ2n) is 4.34. The maximum Gasteiger partial charge on any atom is 0.340 e. The number of hydrogen-bond donors (Lipinski definition) is 0. The van der Waals surface area contributed by atoms with Gasteiger partial charge in [0.05, 0.1) is 23.3 Å². The van der Waals surface area contributed by atoms with E-state index in [0.717, 1.165) is 12.1 Å². The third kappa shape index (κ3) is 4.18. The lowest BCUT2D eigenvalue weighted by Crippen LogP contribution is -2.15. The Balaban J connectivity index is 2.08. The third-order valence-corrected chi connectivity index (χ3v) is 3.51. The van der Waals surface area contributed by atoms with E-state index in [4.69, 9.17) is 32.7 Å². The number of carbonyl (C=O) groups is 2. The van der Waals surface area contributed by atoms with E-state index >= 15 is 0 Å². The van der Waals surface area contributed by atoms with Crippen LogP contribution in [0.5, 0.6) is 5.75 Å². The van der Waals surface area contributed by atoms with Gasteiger partial charge in [-0.1, -0.05) is 23.2 Å². The van der Waals surface area contributed by atoms with Gasteiger partial charge in [0.1, 0.15) is 16.7 Å². The number of aromatic nitrogens is 1. The van der Waals surface area contributed by atoms with Crippen molar-refractivity contribution in [1.82, 2.24) is 4.98 Å². The Morgan fingerprint density at radius 2 is 2.00 bits per heavy atom. The van der Waals surface area contributed by atoms with Crippen molar-refractivity contribution in [2.45, 2.75) is 0 Å². The first-order chi connectivity index (χ1) is 10.9. The minimum Gasteiger partial charge on any atom is -0.496 e. The zero-order valence-corrected chi connectivity index (χ0v) is 13.3. The van der Waals surface area contributed by atoms with Gasteiger partial charge in [0, 0.05) is 6.20 Å². The fourth-order valence-electron chi connectivity index (χ4n) is 1.72. The first kappa shape index (κ1) is 17.2. The monoisotopic (exact) mass is 357 g/mol. The lowest BCUT2D eigenvalue weighted by molar-refractivity contribution is 0.0473. The predicted octanol–water partition coefficient (Wildman–Crippen LogP) is 3.58. The maximum absolute atomic E-state index is 13.2. The van der Waals surface area contributed by atoms with Crippen LogP contribution in [0.2, 0.25) is 10.2 Å². The highest BCUT2D eigenvalue weighted by Crippen LogP contribution is 2.21. The summed E-state index contributed by atoms with van der Waals surface area (Å²) in [4.78, 5) is 27.6. The van der Waals surface area contributed by atoms with Crippen LogP contribution < -0.4 is 4.74 Å². The molecule has 2 aromatic rings. The highest BCUT2D eigenvalue weighted by Gasteiger charge is 2.17. The van der Waals surface area contributed by atoms with E-state index in [1.54, 1.807) is 0 Å². The molecule has 0 aliphatic carbocycles. The number of carbonyl (C=O) groups excluding carboxylic acids is 2. The van der Waals surface area contributed by atoms with Crippen LogP contribution in [0.25, 0.3) is 0 Å². The van der Waals surface area contributed by atoms with Crippen molar-refractivity contribution in [2.24, 2.45) is 0 Å². The van der Waals surface area contributed by atoms with Crippen LogP contribution in [-0.4, -0.2) is 30.5 Å².